The van der Waals surface area contributed by atoms with Gasteiger partial charge >= 0.3 is 6.03 Å². The van der Waals surface area contributed by atoms with Gasteiger partial charge in [-0.3, -0.25) is 19.9 Å². The van der Waals surface area contributed by atoms with E-state index in [1.165, 1.54) is 4.88 Å². The van der Waals surface area contributed by atoms with Crippen LogP contribution < -0.4 is 10.7 Å². The summed E-state index contributed by atoms with van der Waals surface area (Å²) in [5.74, 6) is -0.776. The van der Waals surface area contributed by atoms with Crippen LogP contribution in [0.4, 0.5) is 4.79 Å². The van der Waals surface area contributed by atoms with Crippen molar-refractivity contribution < 1.29 is 14.4 Å². The van der Waals surface area contributed by atoms with Crippen LogP contribution in [0.5, 0.6) is 0 Å². The molecule has 30 heavy (non-hydrogen) atoms. The highest BCUT2D eigenvalue weighted by Crippen LogP contribution is 2.34. The number of hydrazine groups is 1. The summed E-state index contributed by atoms with van der Waals surface area (Å²) in [4.78, 5) is 41.3. The summed E-state index contributed by atoms with van der Waals surface area (Å²) < 4.78 is 0. The van der Waals surface area contributed by atoms with Crippen molar-refractivity contribution in [2.45, 2.75) is 44.2 Å². The number of nitrogens with zero attached hydrogens (tertiary/aromatic N) is 2. The zero-order valence-corrected chi connectivity index (χ0v) is 17.8. The first-order valence-electron chi connectivity index (χ1n) is 10.2. The summed E-state index contributed by atoms with van der Waals surface area (Å²) >= 11 is 1.69. The van der Waals surface area contributed by atoms with E-state index in [0.29, 0.717) is 12.8 Å². The lowest BCUT2D eigenvalue weighted by molar-refractivity contribution is -0.139. The second kappa shape index (κ2) is 8.57. The van der Waals surface area contributed by atoms with Crippen molar-refractivity contribution in [2.24, 2.45) is 0 Å². The molecule has 0 aliphatic carbocycles. The topological polar surface area (TPSA) is 81.8 Å². The number of urea groups is 1. The van der Waals surface area contributed by atoms with E-state index in [9.17, 15) is 14.4 Å². The van der Waals surface area contributed by atoms with Crippen LogP contribution in [0.25, 0.3) is 0 Å². The van der Waals surface area contributed by atoms with Gasteiger partial charge in [0, 0.05) is 10.9 Å². The van der Waals surface area contributed by atoms with Gasteiger partial charge in [0.15, 0.2) is 0 Å². The molecule has 2 aromatic rings. The van der Waals surface area contributed by atoms with Crippen LogP contribution in [-0.2, 0) is 16.0 Å². The minimum absolute atomic E-state index is 0.153. The molecule has 4 rings (SSSR count). The molecular formula is C22H26N4O3S. The van der Waals surface area contributed by atoms with Crippen molar-refractivity contribution in [2.75, 3.05) is 13.1 Å². The number of carbonyl (C=O) groups is 3. The average Bonchev–Trinajstić information content (AvgIpc) is 3.45. The van der Waals surface area contributed by atoms with Gasteiger partial charge in [-0.05, 0) is 56.2 Å². The Morgan fingerprint density at radius 3 is 2.77 bits per heavy atom. The first-order chi connectivity index (χ1) is 14.5. The smallest absolute Gasteiger partial charge is 0.322 e. The molecular weight excluding hydrogens is 400 g/mol. The summed E-state index contributed by atoms with van der Waals surface area (Å²) in [7, 11) is 0. The van der Waals surface area contributed by atoms with E-state index in [1.54, 1.807) is 18.3 Å². The van der Waals surface area contributed by atoms with Gasteiger partial charge in [-0.1, -0.05) is 36.4 Å². The predicted molar refractivity (Wildman–Crippen MR) is 115 cm³/mol. The molecule has 0 radical (unpaired) electrons. The highest BCUT2D eigenvalue weighted by atomic mass is 32.1. The van der Waals surface area contributed by atoms with E-state index >= 15 is 0 Å². The highest BCUT2D eigenvalue weighted by Gasteiger charge is 2.48. The van der Waals surface area contributed by atoms with Gasteiger partial charge < -0.3 is 5.32 Å². The van der Waals surface area contributed by atoms with Crippen LogP contribution >= 0.6 is 11.3 Å². The highest BCUT2D eigenvalue weighted by molar-refractivity contribution is 7.10. The van der Waals surface area contributed by atoms with Crippen LogP contribution in [-0.4, -0.2) is 46.4 Å². The number of carbonyl (C=O) groups excluding carboxylic acids is 3. The van der Waals surface area contributed by atoms with Gasteiger partial charge in [-0.15, -0.1) is 11.3 Å². The number of amides is 4. The van der Waals surface area contributed by atoms with Crippen molar-refractivity contribution >= 4 is 29.2 Å². The Balaban J connectivity index is 1.35. The zero-order chi connectivity index (χ0) is 21.1. The van der Waals surface area contributed by atoms with Crippen LogP contribution in [0, 0.1) is 0 Å². The molecule has 1 aromatic carbocycles. The minimum atomic E-state index is -1.03. The van der Waals surface area contributed by atoms with Crippen molar-refractivity contribution in [3.63, 3.8) is 0 Å². The third-order valence-electron chi connectivity index (χ3n) is 5.84. The Hall–Kier alpha value is -2.71. The number of thiophene rings is 1. The fraction of sp³-hybridized carbons (Fsp3) is 0.409. The van der Waals surface area contributed by atoms with Crippen LogP contribution in [0.3, 0.4) is 0 Å². The van der Waals surface area contributed by atoms with Crippen LogP contribution in [0.1, 0.15) is 42.7 Å². The Labute approximate surface area is 180 Å². The van der Waals surface area contributed by atoms with Crippen molar-refractivity contribution in [3.05, 3.63) is 58.3 Å². The first-order valence-corrected chi connectivity index (χ1v) is 11.1. The van der Waals surface area contributed by atoms with Crippen molar-refractivity contribution in [1.29, 1.82) is 0 Å². The summed E-state index contributed by atoms with van der Waals surface area (Å²) in [6.07, 6.45) is 3.15. The lowest BCUT2D eigenvalue weighted by atomic mass is 9.93. The van der Waals surface area contributed by atoms with Gasteiger partial charge in [-0.2, -0.15) is 5.01 Å². The lowest BCUT2D eigenvalue weighted by Crippen LogP contribution is -2.51. The van der Waals surface area contributed by atoms with E-state index in [4.69, 9.17) is 0 Å². The molecule has 2 atom stereocenters. The maximum absolute atomic E-state index is 12.9. The number of aryl methyl sites for hydroxylation is 1. The second-order valence-corrected chi connectivity index (χ2v) is 9.05. The summed E-state index contributed by atoms with van der Waals surface area (Å²) in [5.41, 5.74) is 2.58. The molecule has 1 aromatic heterocycles. The van der Waals surface area contributed by atoms with Gasteiger partial charge in [0.2, 0.25) is 0 Å². The van der Waals surface area contributed by atoms with Gasteiger partial charge in [-0.25, -0.2) is 4.79 Å². The number of likely N-dealkylation sites (tertiary alicyclic amines) is 1. The SMILES string of the molecule is C[C@@]1(CCc2ccccc2)NC(=O)N(NC(=O)CN2CCC[C@H]2c2cccs2)C1=O. The van der Waals surface area contributed by atoms with Crippen LogP contribution in [0.2, 0.25) is 0 Å². The summed E-state index contributed by atoms with van der Waals surface area (Å²) in [5, 5.41) is 5.62. The van der Waals surface area contributed by atoms with Gasteiger partial charge in [0.25, 0.3) is 11.8 Å². The maximum atomic E-state index is 12.9. The number of rotatable bonds is 7. The van der Waals surface area contributed by atoms with E-state index in [0.717, 1.165) is 30.0 Å². The van der Waals surface area contributed by atoms with Crippen molar-refractivity contribution in [3.8, 4) is 0 Å². The fourth-order valence-electron chi connectivity index (χ4n) is 4.16. The second-order valence-electron chi connectivity index (χ2n) is 8.07. The molecule has 7 nitrogen and oxygen atoms in total. The third-order valence-corrected chi connectivity index (χ3v) is 6.81. The molecule has 4 amide bonds. The quantitative estimate of drug-likeness (QED) is 0.667. The Kier molecular flexibility index (Phi) is 5.87. The van der Waals surface area contributed by atoms with Gasteiger partial charge in [0.1, 0.15) is 5.54 Å². The zero-order valence-electron chi connectivity index (χ0n) is 17.0. The monoisotopic (exact) mass is 426 g/mol. The number of nitrogens with one attached hydrogen (secondary N) is 2. The molecule has 2 fully saturated rings. The van der Waals surface area contributed by atoms with E-state index in [1.807, 2.05) is 41.8 Å². The molecule has 2 saturated heterocycles. The molecule has 2 aliphatic rings. The minimum Gasteiger partial charge on any atom is -0.322 e. The number of benzene rings is 1. The molecule has 2 N–H and O–H groups in total. The van der Waals surface area contributed by atoms with Crippen LogP contribution in [0.15, 0.2) is 47.8 Å². The Morgan fingerprint density at radius 1 is 1.23 bits per heavy atom. The molecule has 0 spiro atoms. The van der Waals surface area contributed by atoms with Crippen molar-refractivity contribution in [1.82, 2.24) is 20.7 Å². The molecule has 8 heteroatoms. The van der Waals surface area contributed by atoms with Gasteiger partial charge in [0.05, 0.1) is 6.54 Å². The molecule has 0 unspecified atom stereocenters. The Bertz CT molecular complexity index is 918. The van der Waals surface area contributed by atoms with E-state index in [2.05, 4.69) is 21.7 Å². The lowest BCUT2D eigenvalue weighted by Gasteiger charge is -2.24. The first kappa shape index (κ1) is 20.6. The Morgan fingerprint density at radius 2 is 2.03 bits per heavy atom. The molecule has 0 saturated carbocycles. The predicted octanol–water partition coefficient (Wildman–Crippen LogP) is 2.86. The average molecular weight is 427 g/mol. The maximum Gasteiger partial charge on any atom is 0.344 e. The molecule has 2 aliphatic heterocycles. The molecule has 3 heterocycles. The standard InChI is InChI=1S/C22H26N4O3S/c1-22(12-11-16-7-3-2-4-8-16)20(28)26(21(29)23-22)24-19(27)15-25-13-5-9-17(25)18-10-6-14-30-18/h2-4,6-8,10,14,17H,5,9,11-13,15H2,1H3,(H,23,29)(H,24,27)/t17-,22-/m0/s1. The molecule has 0 bridgehead atoms. The molecule has 158 valence electrons. The van der Waals surface area contributed by atoms with E-state index in [-0.39, 0.29) is 18.5 Å². The normalized spacial score (nSPS) is 24.3. The summed E-state index contributed by atoms with van der Waals surface area (Å²) in [6.45, 7) is 2.68. The number of hydrogen-bond donors (Lipinski definition) is 2. The number of hydrogen-bond acceptors (Lipinski definition) is 5. The third kappa shape index (κ3) is 4.24. The fourth-order valence-corrected chi connectivity index (χ4v) is 5.05. The van der Waals surface area contributed by atoms with E-state index < -0.39 is 17.5 Å². The number of imide groups is 1. The summed E-state index contributed by atoms with van der Waals surface area (Å²) in [6, 6.07) is 13.5. The largest absolute Gasteiger partial charge is 0.344 e.